The highest BCUT2D eigenvalue weighted by molar-refractivity contribution is 6.16. The van der Waals surface area contributed by atoms with Gasteiger partial charge >= 0.3 is 0 Å². The Labute approximate surface area is 203 Å². The smallest absolute Gasteiger partial charge is 0.143 e. The van der Waals surface area contributed by atoms with Gasteiger partial charge in [-0.2, -0.15) is 0 Å². The molecule has 0 radical (unpaired) electrons. The van der Waals surface area contributed by atoms with Crippen molar-refractivity contribution in [3.8, 4) is 33.8 Å². The van der Waals surface area contributed by atoms with Crippen LogP contribution < -0.4 is 0 Å². The molecule has 1 heterocycles. The third kappa shape index (κ3) is 3.17. The topological polar surface area (TPSA) is 13.1 Å². The second-order valence-corrected chi connectivity index (χ2v) is 8.91. The predicted octanol–water partition coefficient (Wildman–Crippen LogP) is 9.74. The summed E-state index contributed by atoms with van der Waals surface area (Å²) < 4.78 is 6.86. The average molecular weight is 447 g/mol. The summed E-state index contributed by atoms with van der Waals surface area (Å²) in [6, 6.07) is 47.1. The minimum Gasteiger partial charge on any atom is -0.455 e. The Kier molecular flexibility index (Phi) is 4.53. The van der Waals surface area contributed by atoms with Gasteiger partial charge in [-0.3, -0.25) is 0 Å². The van der Waals surface area contributed by atoms with Gasteiger partial charge in [0.1, 0.15) is 11.5 Å². The van der Waals surface area contributed by atoms with Gasteiger partial charge in [0.2, 0.25) is 0 Å². The van der Waals surface area contributed by atoms with Crippen molar-refractivity contribution in [2.75, 3.05) is 0 Å². The summed E-state index contributed by atoms with van der Waals surface area (Å²) >= 11 is 0. The van der Waals surface area contributed by atoms with E-state index in [4.69, 9.17) is 4.42 Å². The molecule has 0 unspecified atom stereocenters. The molecule has 0 aliphatic rings. The first-order chi connectivity index (χ1) is 17.4. The molecule has 1 nitrogen and oxygen atoms in total. The van der Waals surface area contributed by atoms with Gasteiger partial charge in [-0.1, -0.05) is 127 Å². The Bertz CT molecular complexity index is 1840. The highest BCUT2D eigenvalue weighted by atomic mass is 16.3. The van der Waals surface area contributed by atoms with E-state index in [1.54, 1.807) is 0 Å². The maximum Gasteiger partial charge on any atom is 0.143 e. The van der Waals surface area contributed by atoms with Gasteiger partial charge in [0.25, 0.3) is 0 Å². The van der Waals surface area contributed by atoms with Crippen LogP contribution in [0.1, 0.15) is 0 Å². The summed E-state index contributed by atoms with van der Waals surface area (Å²) in [6.07, 6.45) is 0. The van der Waals surface area contributed by atoms with Crippen LogP contribution in [-0.4, -0.2) is 0 Å². The molecule has 0 aliphatic carbocycles. The van der Waals surface area contributed by atoms with E-state index in [-0.39, 0.29) is 0 Å². The van der Waals surface area contributed by atoms with Gasteiger partial charge in [0.15, 0.2) is 0 Å². The summed E-state index contributed by atoms with van der Waals surface area (Å²) in [5, 5.41) is 7.18. The van der Waals surface area contributed by atoms with E-state index in [0.717, 1.165) is 33.4 Å². The Balaban J connectivity index is 1.55. The highest BCUT2D eigenvalue weighted by Crippen LogP contribution is 2.45. The molecular formula is C34H22O. The van der Waals surface area contributed by atoms with Crippen molar-refractivity contribution in [1.82, 2.24) is 0 Å². The van der Waals surface area contributed by atoms with Crippen molar-refractivity contribution in [2.24, 2.45) is 0 Å². The summed E-state index contributed by atoms with van der Waals surface area (Å²) in [4.78, 5) is 0. The number of benzene rings is 6. The molecule has 0 fully saturated rings. The molecule has 7 rings (SSSR count). The number of fused-ring (bicyclic) bond motifs is 4. The number of hydrogen-bond donors (Lipinski definition) is 0. The summed E-state index contributed by atoms with van der Waals surface area (Å²) in [6.45, 7) is 0. The van der Waals surface area contributed by atoms with Gasteiger partial charge in [0, 0.05) is 21.9 Å². The Morgan fingerprint density at radius 1 is 0.343 bits per heavy atom. The molecule has 1 heteroatoms. The monoisotopic (exact) mass is 446 g/mol. The molecule has 35 heavy (non-hydrogen) atoms. The molecular weight excluding hydrogens is 424 g/mol. The SMILES string of the molecule is c1ccc(-c2ccccc2-c2oc(-c3cc4ccccc4c4ccccc34)c3ccccc23)cc1. The average Bonchev–Trinajstić information content (AvgIpc) is 3.32. The fourth-order valence-corrected chi connectivity index (χ4v) is 5.28. The molecule has 1 aromatic heterocycles. The second kappa shape index (κ2) is 8.00. The molecule has 0 N–H and O–H groups in total. The van der Waals surface area contributed by atoms with Crippen molar-refractivity contribution in [3.05, 3.63) is 133 Å². The van der Waals surface area contributed by atoms with Crippen LogP contribution in [0.3, 0.4) is 0 Å². The van der Waals surface area contributed by atoms with E-state index >= 15 is 0 Å². The van der Waals surface area contributed by atoms with Crippen molar-refractivity contribution in [3.63, 3.8) is 0 Å². The van der Waals surface area contributed by atoms with E-state index in [1.165, 1.54) is 32.7 Å². The van der Waals surface area contributed by atoms with Crippen molar-refractivity contribution in [1.29, 1.82) is 0 Å². The van der Waals surface area contributed by atoms with Crippen LogP contribution in [0.4, 0.5) is 0 Å². The molecule has 0 saturated heterocycles. The third-order valence-electron chi connectivity index (χ3n) is 6.89. The van der Waals surface area contributed by atoms with Crippen LogP contribution in [0.25, 0.3) is 66.1 Å². The number of furan rings is 1. The van der Waals surface area contributed by atoms with Gasteiger partial charge in [-0.05, 0) is 38.7 Å². The maximum atomic E-state index is 6.86. The first-order valence-electron chi connectivity index (χ1n) is 12.0. The molecule has 0 spiro atoms. The second-order valence-electron chi connectivity index (χ2n) is 8.91. The van der Waals surface area contributed by atoms with Crippen LogP contribution in [0.15, 0.2) is 138 Å². The lowest BCUT2D eigenvalue weighted by molar-refractivity contribution is 0.603. The molecule has 0 aliphatic heterocycles. The van der Waals surface area contributed by atoms with Crippen LogP contribution in [0, 0.1) is 0 Å². The van der Waals surface area contributed by atoms with Crippen molar-refractivity contribution >= 4 is 32.3 Å². The fourth-order valence-electron chi connectivity index (χ4n) is 5.28. The molecule has 6 aromatic carbocycles. The van der Waals surface area contributed by atoms with Crippen LogP contribution in [-0.2, 0) is 0 Å². The van der Waals surface area contributed by atoms with Gasteiger partial charge in [-0.25, -0.2) is 0 Å². The maximum absolute atomic E-state index is 6.86. The zero-order chi connectivity index (χ0) is 23.2. The van der Waals surface area contributed by atoms with E-state index < -0.39 is 0 Å². The largest absolute Gasteiger partial charge is 0.455 e. The Hall–Kier alpha value is -4.62. The minimum absolute atomic E-state index is 0.910. The van der Waals surface area contributed by atoms with Gasteiger partial charge < -0.3 is 4.42 Å². The molecule has 0 bridgehead atoms. The fraction of sp³-hybridized carbons (Fsp3) is 0. The minimum atomic E-state index is 0.910. The third-order valence-corrected chi connectivity index (χ3v) is 6.89. The van der Waals surface area contributed by atoms with Crippen molar-refractivity contribution < 1.29 is 4.42 Å². The first-order valence-corrected chi connectivity index (χ1v) is 12.0. The Morgan fingerprint density at radius 3 is 1.60 bits per heavy atom. The standard InChI is InChI=1S/C34H22O/c1-2-12-23(13-3-1)25-15-6-9-19-29(25)33-30-20-10-11-21-31(30)34(35-33)32-22-24-14-4-5-16-26(24)27-17-7-8-18-28(27)32/h1-22H. The first kappa shape index (κ1) is 19.8. The summed E-state index contributed by atoms with van der Waals surface area (Å²) in [7, 11) is 0. The highest BCUT2D eigenvalue weighted by Gasteiger charge is 2.20. The molecule has 0 saturated carbocycles. The zero-order valence-electron chi connectivity index (χ0n) is 19.1. The lowest BCUT2D eigenvalue weighted by atomic mass is 9.94. The van der Waals surface area contributed by atoms with E-state index in [9.17, 15) is 0 Å². The quantitative estimate of drug-likeness (QED) is 0.246. The number of hydrogen-bond acceptors (Lipinski definition) is 1. The zero-order valence-corrected chi connectivity index (χ0v) is 19.1. The molecule has 164 valence electrons. The van der Waals surface area contributed by atoms with E-state index in [2.05, 4.69) is 133 Å². The summed E-state index contributed by atoms with van der Waals surface area (Å²) in [5.41, 5.74) is 4.58. The predicted molar refractivity (Wildman–Crippen MR) is 148 cm³/mol. The number of rotatable bonds is 3. The Morgan fingerprint density at radius 2 is 0.857 bits per heavy atom. The van der Waals surface area contributed by atoms with Gasteiger partial charge in [-0.15, -0.1) is 0 Å². The van der Waals surface area contributed by atoms with Crippen LogP contribution in [0.2, 0.25) is 0 Å². The van der Waals surface area contributed by atoms with Crippen molar-refractivity contribution in [2.45, 2.75) is 0 Å². The molecule has 0 atom stereocenters. The molecule has 0 amide bonds. The normalized spacial score (nSPS) is 11.4. The molecule has 7 aromatic rings. The summed E-state index contributed by atoms with van der Waals surface area (Å²) in [5.74, 6) is 1.83. The lowest BCUT2D eigenvalue weighted by Gasteiger charge is -2.10. The van der Waals surface area contributed by atoms with E-state index in [1.807, 2.05) is 0 Å². The van der Waals surface area contributed by atoms with Crippen LogP contribution in [0.5, 0.6) is 0 Å². The van der Waals surface area contributed by atoms with E-state index in [0.29, 0.717) is 0 Å². The van der Waals surface area contributed by atoms with Gasteiger partial charge in [0.05, 0.1) is 0 Å². The lowest BCUT2D eigenvalue weighted by Crippen LogP contribution is -1.84. The van der Waals surface area contributed by atoms with Crippen LogP contribution >= 0.6 is 0 Å².